The quantitative estimate of drug-likeness (QED) is 0.820. The van der Waals surface area contributed by atoms with Crippen molar-refractivity contribution in [1.29, 1.82) is 0 Å². The Hall–Kier alpha value is -0.740. The molecule has 2 rings (SSSR count). The average molecular weight is 238 g/mol. The van der Waals surface area contributed by atoms with Crippen molar-refractivity contribution in [3.63, 3.8) is 0 Å². The lowest BCUT2D eigenvalue weighted by atomic mass is 9.96. The molecule has 0 aliphatic heterocycles. The van der Waals surface area contributed by atoms with Gasteiger partial charge in [0.25, 0.3) is 0 Å². The second kappa shape index (κ2) is 5.06. The molecule has 1 unspecified atom stereocenters. The third-order valence-electron chi connectivity index (χ3n) is 3.27. The Morgan fingerprint density at radius 2 is 2.31 bits per heavy atom. The van der Waals surface area contributed by atoms with Gasteiger partial charge in [0.2, 0.25) is 0 Å². The zero-order valence-corrected chi connectivity index (χ0v) is 10.4. The second-order valence-electron chi connectivity index (χ2n) is 4.61. The van der Waals surface area contributed by atoms with Gasteiger partial charge >= 0.3 is 0 Å². The van der Waals surface area contributed by atoms with Crippen molar-refractivity contribution in [2.24, 2.45) is 11.7 Å². The minimum atomic E-state index is -0.357. The molecule has 0 aromatic carbocycles. The van der Waals surface area contributed by atoms with Crippen LogP contribution in [-0.2, 0) is 0 Å². The minimum absolute atomic E-state index is 0.0104. The summed E-state index contributed by atoms with van der Waals surface area (Å²) in [7, 11) is 0. The Kier molecular flexibility index (Phi) is 3.71. The number of carbonyl (C=O) groups is 1. The molecule has 3 nitrogen and oxygen atoms in total. The maximum absolute atomic E-state index is 12.0. The summed E-state index contributed by atoms with van der Waals surface area (Å²) < 4.78 is 0. The van der Waals surface area contributed by atoms with Crippen LogP contribution < -0.4 is 5.73 Å². The van der Waals surface area contributed by atoms with Gasteiger partial charge in [0.1, 0.15) is 5.69 Å². The standard InChI is InChI=1S/C12H18N2OS/c1-8-14-11(7-16-8)12(15)10(13)6-9-4-2-3-5-9/h7,9-10H,2-6,13H2,1H3. The summed E-state index contributed by atoms with van der Waals surface area (Å²) in [5, 5.41) is 2.74. The third kappa shape index (κ3) is 2.68. The van der Waals surface area contributed by atoms with Gasteiger partial charge in [-0.1, -0.05) is 25.7 Å². The summed E-state index contributed by atoms with van der Waals surface area (Å²) in [5.74, 6) is 0.662. The molecule has 1 atom stereocenters. The van der Waals surface area contributed by atoms with Crippen LogP contribution in [-0.4, -0.2) is 16.8 Å². The van der Waals surface area contributed by atoms with Crippen LogP contribution in [0, 0.1) is 12.8 Å². The van der Waals surface area contributed by atoms with Crippen LogP contribution in [0.4, 0.5) is 0 Å². The number of nitrogens with zero attached hydrogens (tertiary/aromatic N) is 1. The average Bonchev–Trinajstić information content (AvgIpc) is 2.88. The summed E-state index contributed by atoms with van der Waals surface area (Å²) in [6.45, 7) is 1.91. The van der Waals surface area contributed by atoms with Crippen LogP contribution in [0.1, 0.15) is 47.6 Å². The van der Waals surface area contributed by atoms with E-state index in [4.69, 9.17) is 5.73 Å². The molecule has 1 fully saturated rings. The first-order valence-corrected chi connectivity index (χ1v) is 6.76. The van der Waals surface area contributed by atoms with E-state index in [2.05, 4.69) is 4.98 Å². The van der Waals surface area contributed by atoms with Crippen molar-refractivity contribution in [2.75, 3.05) is 0 Å². The minimum Gasteiger partial charge on any atom is -0.321 e. The number of Topliss-reactive ketones (excluding diaryl/α,β-unsaturated/α-hetero) is 1. The molecule has 1 aliphatic rings. The number of ketones is 1. The molecule has 2 N–H and O–H groups in total. The number of aromatic nitrogens is 1. The highest BCUT2D eigenvalue weighted by molar-refractivity contribution is 7.09. The Bertz CT molecular complexity index is 369. The molecule has 88 valence electrons. The molecule has 16 heavy (non-hydrogen) atoms. The fraction of sp³-hybridized carbons (Fsp3) is 0.667. The molecular formula is C12H18N2OS. The molecule has 0 amide bonds. The van der Waals surface area contributed by atoms with Gasteiger partial charge < -0.3 is 5.73 Å². The fourth-order valence-electron chi connectivity index (χ4n) is 2.38. The smallest absolute Gasteiger partial charge is 0.198 e. The summed E-state index contributed by atoms with van der Waals surface area (Å²) in [6.07, 6.45) is 5.88. The predicted octanol–water partition coefficient (Wildman–Crippen LogP) is 2.54. The van der Waals surface area contributed by atoms with E-state index in [1.165, 1.54) is 37.0 Å². The second-order valence-corrected chi connectivity index (χ2v) is 5.67. The highest BCUT2D eigenvalue weighted by Gasteiger charge is 2.24. The Morgan fingerprint density at radius 1 is 1.62 bits per heavy atom. The van der Waals surface area contributed by atoms with E-state index in [-0.39, 0.29) is 11.8 Å². The van der Waals surface area contributed by atoms with Gasteiger partial charge in [-0.15, -0.1) is 11.3 Å². The molecule has 1 heterocycles. The van der Waals surface area contributed by atoms with Crippen molar-refractivity contribution in [3.05, 3.63) is 16.1 Å². The van der Waals surface area contributed by atoms with Crippen molar-refractivity contribution in [2.45, 2.75) is 45.1 Å². The van der Waals surface area contributed by atoms with E-state index < -0.39 is 0 Å². The molecule has 1 aliphatic carbocycles. The van der Waals surface area contributed by atoms with Gasteiger partial charge in [-0.05, 0) is 19.3 Å². The van der Waals surface area contributed by atoms with Crippen LogP contribution >= 0.6 is 11.3 Å². The summed E-state index contributed by atoms with van der Waals surface area (Å²) in [6, 6.07) is -0.357. The normalized spacial score (nSPS) is 18.9. The molecule has 1 saturated carbocycles. The van der Waals surface area contributed by atoms with Crippen molar-refractivity contribution in [1.82, 2.24) is 4.98 Å². The number of carbonyl (C=O) groups excluding carboxylic acids is 1. The van der Waals surface area contributed by atoms with E-state index in [1.54, 1.807) is 0 Å². The largest absolute Gasteiger partial charge is 0.321 e. The lowest BCUT2D eigenvalue weighted by Gasteiger charge is -2.13. The third-order valence-corrected chi connectivity index (χ3v) is 4.04. The van der Waals surface area contributed by atoms with Crippen LogP contribution in [0.15, 0.2) is 5.38 Å². The highest BCUT2D eigenvalue weighted by atomic mass is 32.1. The number of hydrogen-bond acceptors (Lipinski definition) is 4. The molecule has 0 saturated heterocycles. The lowest BCUT2D eigenvalue weighted by molar-refractivity contribution is 0.0944. The Morgan fingerprint density at radius 3 is 2.88 bits per heavy atom. The highest BCUT2D eigenvalue weighted by Crippen LogP contribution is 2.28. The molecule has 1 aromatic heterocycles. The van der Waals surface area contributed by atoms with Crippen molar-refractivity contribution >= 4 is 17.1 Å². The fourth-order valence-corrected chi connectivity index (χ4v) is 2.98. The first-order chi connectivity index (χ1) is 7.66. The van der Waals surface area contributed by atoms with E-state index in [0.717, 1.165) is 11.4 Å². The summed E-state index contributed by atoms with van der Waals surface area (Å²) in [4.78, 5) is 16.2. The SMILES string of the molecule is Cc1nc(C(=O)C(N)CC2CCCC2)cs1. The van der Waals surface area contributed by atoms with Crippen LogP contribution in [0.2, 0.25) is 0 Å². The first-order valence-electron chi connectivity index (χ1n) is 5.88. The number of aryl methyl sites for hydroxylation is 1. The van der Waals surface area contributed by atoms with Crippen LogP contribution in [0.5, 0.6) is 0 Å². The van der Waals surface area contributed by atoms with Crippen molar-refractivity contribution in [3.8, 4) is 0 Å². The first kappa shape index (κ1) is 11.7. The lowest BCUT2D eigenvalue weighted by Crippen LogP contribution is -2.32. The zero-order valence-electron chi connectivity index (χ0n) is 9.61. The van der Waals surface area contributed by atoms with Gasteiger partial charge in [0.15, 0.2) is 5.78 Å². The molecular weight excluding hydrogens is 220 g/mol. The molecule has 1 aromatic rings. The van der Waals surface area contributed by atoms with E-state index >= 15 is 0 Å². The number of thiazole rings is 1. The van der Waals surface area contributed by atoms with Gasteiger partial charge in [-0.2, -0.15) is 0 Å². The maximum atomic E-state index is 12.0. The topological polar surface area (TPSA) is 56.0 Å². The Balaban J connectivity index is 1.93. The zero-order chi connectivity index (χ0) is 11.5. The van der Waals surface area contributed by atoms with E-state index in [1.807, 2.05) is 12.3 Å². The molecule has 0 spiro atoms. The van der Waals surface area contributed by atoms with E-state index in [9.17, 15) is 4.79 Å². The summed E-state index contributed by atoms with van der Waals surface area (Å²) in [5.41, 5.74) is 6.50. The van der Waals surface area contributed by atoms with Gasteiger partial charge in [0, 0.05) is 5.38 Å². The maximum Gasteiger partial charge on any atom is 0.198 e. The Labute approximate surface area is 100 Å². The van der Waals surface area contributed by atoms with Crippen LogP contribution in [0.25, 0.3) is 0 Å². The van der Waals surface area contributed by atoms with Gasteiger partial charge in [0.05, 0.1) is 11.0 Å². The number of hydrogen-bond donors (Lipinski definition) is 1. The predicted molar refractivity (Wildman–Crippen MR) is 65.7 cm³/mol. The van der Waals surface area contributed by atoms with E-state index in [0.29, 0.717) is 11.6 Å². The van der Waals surface area contributed by atoms with Crippen molar-refractivity contribution < 1.29 is 4.79 Å². The van der Waals surface area contributed by atoms with Gasteiger partial charge in [-0.3, -0.25) is 4.79 Å². The van der Waals surface area contributed by atoms with Gasteiger partial charge in [-0.25, -0.2) is 4.98 Å². The van der Waals surface area contributed by atoms with Crippen LogP contribution in [0.3, 0.4) is 0 Å². The number of nitrogens with two attached hydrogens (primary N) is 1. The number of rotatable bonds is 4. The molecule has 0 bridgehead atoms. The monoisotopic (exact) mass is 238 g/mol. The molecule has 4 heteroatoms. The summed E-state index contributed by atoms with van der Waals surface area (Å²) >= 11 is 1.51. The molecule has 0 radical (unpaired) electrons.